The SMILES string of the molecule is CCOc1ccc(NC2=C(c3ccc(Cl)cc3Cl)C(=O)N(CCCOC)C2=O)cc1. The summed E-state index contributed by atoms with van der Waals surface area (Å²) >= 11 is 12.4. The number of carbonyl (C=O) groups excluding carboxylic acids is 2. The van der Waals surface area contributed by atoms with Crippen molar-refractivity contribution in [3.63, 3.8) is 0 Å². The number of ether oxygens (including phenoxy) is 2. The van der Waals surface area contributed by atoms with Gasteiger partial charge in [0, 0.05) is 36.5 Å². The van der Waals surface area contributed by atoms with Crippen molar-refractivity contribution in [2.75, 3.05) is 32.2 Å². The maximum Gasteiger partial charge on any atom is 0.278 e. The van der Waals surface area contributed by atoms with Gasteiger partial charge in [-0.05, 0) is 49.7 Å². The van der Waals surface area contributed by atoms with Gasteiger partial charge in [0.25, 0.3) is 11.8 Å². The van der Waals surface area contributed by atoms with Crippen molar-refractivity contribution in [1.82, 2.24) is 4.90 Å². The van der Waals surface area contributed by atoms with Crippen LogP contribution in [0.1, 0.15) is 18.9 Å². The molecule has 0 radical (unpaired) electrons. The molecule has 0 aliphatic carbocycles. The molecule has 0 bridgehead atoms. The summed E-state index contributed by atoms with van der Waals surface area (Å²) < 4.78 is 10.5. The van der Waals surface area contributed by atoms with E-state index in [2.05, 4.69) is 5.32 Å². The summed E-state index contributed by atoms with van der Waals surface area (Å²) in [6, 6.07) is 12.0. The maximum absolute atomic E-state index is 13.1. The highest BCUT2D eigenvalue weighted by Crippen LogP contribution is 2.35. The molecule has 3 rings (SSSR count). The standard InChI is InChI=1S/C22H22Cl2N2O4/c1-3-30-16-8-6-15(7-9-16)25-20-19(17-10-5-14(23)13-18(17)24)21(27)26(22(20)28)11-4-12-29-2/h5-10,13,25H,3-4,11-12H2,1-2H3. The number of carbonyl (C=O) groups is 2. The van der Waals surface area contributed by atoms with Crippen LogP contribution >= 0.6 is 23.2 Å². The number of nitrogens with zero attached hydrogens (tertiary/aromatic N) is 1. The summed E-state index contributed by atoms with van der Waals surface area (Å²) in [5.41, 5.74) is 1.48. The van der Waals surface area contributed by atoms with Crippen LogP contribution < -0.4 is 10.1 Å². The Morgan fingerprint density at radius 3 is 2.40 bits per heavy atom. The number of rotatable bonds is 9. The number of imide groups is 1. The van der Waals surface area contributed by atoms with Gasteiger partial charge in [-0.3, -0.25) is 14.5 Å². The first-order chi connectivity index (χ1) is 14.5. The van der Waals surface area contributed by atoms with Crippen molar-refractivity contribution in [2.24, 2.45) is 0 Å². The van der Waals surface area contributed by atoms with Crippen LogP contribution in [-0.4, -0.2) is 43.6 Å². The van der Waals surface area contributed by atoms with Crippen molar-refractivity contribution in [3.05, 3.63) is 63.8 Å². The number of halogens is 2. The van der Waals surface area contributed by atoms with E-state index in [1.165, 1.54) is 4.90 Å². The molecule has 1 aliphatic rings. The van der Waals surface area contributed by atoms with E-state index in [1.807, 2.05) is 6.92 Å². The molecule has 0 aromatic heterocycles. The normalized spacial score (nSPS) is 13.9. The van der Waals surface area contributed by atoms with Gasteiger partial charge >= 0.3 is 0 Å². The zero-order valence-corrected chi connectivity index (χ0v) is 18.2. The van der Waals surface area contributed by atoms with Gasteiger partial charge in [0.15, 0.2) is 0 Å². The zero-order valence-electron chi connectivity index (χ0n) is 16.7. The second kappa shape index (κ2) is 9.98. The van der Waals surface area contributed by atoms with E-state index in [-0.39, 0.29) is 17.8 Å². The van der Waals surface area contributed by atoms with E-state index in [0.717, 1.165) is 0 Å². The molecule has 0 unspecified atom stereocenters. The Hall–Kier alpha value is -2.54. The number of methoxy groups -OCH3 is 1. The first kappa shape index (κ1) is 22.2. The lowest BCUT2D eigenvalue weighted by Gasteiger charge is -2.15. The molecule has 8 heteroatoms. The summed E-state index contributed by atoms with van der Waals surface area (Å²) in [5, 5.41) is 3.83. The summed E-state index contributed by atoms with van der Waals surface area (Å²) in [4.78, 5) is 27.4. The lowest BCUT2D eigenvalue weighted by molar-refractivity contribution is -0.136. The molecule has 1 aliphatic heterocycles. The van der Waals surface area contributed by atoms with Crippen LogP contribution in [0.25, 0.3) is 5.57 Å². The van der Waals surface area contributed by atoms with E-state index < -0.39 is 11.8 Å². The van der Waals surface area contributed by atoms with Crippen LogP contribution in [0, 0.1) is 0 Å². The fraction of sp³-hybridized carbons (Fsp3) is 0.273. The molecule has 30 heavy (non-hydrogen) atoms. The van der Waals surface area contributed by atoms with Gasteiger partial charge in [0.1, 0.15) is 11.4 Å². The number of benzene rings is 2. The van der Waals surface area contributed by atoms with Gasteiger partial charge in [0.05, 0.1) is 17.2 Å². The molecular weight excluding hydrogens is 427 g/mol. The number of hydrogen-bond acceptors (Lipinski definition) is 5. The number of nitrogens with one attached hydrogen (secondary N) is 1. The smallest absolute Gasteiger partial charge is 0.278 e. The fourth-order valence-corrected chi connectivity index (χ4v) is 3.65. The Bertz CT molecular complexity index is 974. The minimum Gasteiger partial charge on any atom is -0.494 e. The van der Waals surface area contributed by atoms with Gasteiger partial charge in [-0.25, -0.2) is 0 Å². The summed E-state index contributed by atoms with van der Waals surface area (Å²) in [6.45, 7) is 3.14. The van der Waals surface area contributed by atoms with E-state index >= 15 is 0 Å². The first-order valence-electron chi connectivity index (χ1n) is 9.51. The molecule has 0 saturated carbocycles. The van der Waals surface area contributed by atoms with Crippen LogP contribution in [0.2, 0.25) is 10.0 Å². The molecule has 0 spiro atoms. The first-order valence-corrected chi connectivity index (χ1v) is 10.3. The Labute approximate surface area is 185 Å². The molecule has 2 amide bonds. The molecule has 0 fully saturated rings. The summed E-state index contributed by atoms with van der Waals surface area (Å²) in [5.74, 6) is -0.104. The highest BCUT2D eigenvalue weighted by atomic mass is 35.5. The highest BCUT2D eigenvalue weighted by molar-refractivity contribution is 6.41. The van der Waals surface area contributed by atoms with Gasteiger partial charge < -0.3 is 14.8 Å². The Kier molecular flexibility index (Phi) is 7.37. The average molecular weight is 449 g/mol. The van der Waals surface area contributed by atoms with Gasteiger partial charge in [0.2, 0.25) is 0 Å². The zero-order chi connectivity index (χ0) is 21.7. The predicted molar refractivity (Wildman–Crippen MR) is 118 cm³/mol. The van der Waals surface area contributed by atoms with Crippen molar-refractivity contribution < 1.29 is 19.1 Å². The van der Waals surface area contributed by atoms with Crippen LogP contribution in [0.4, 0.5) is 5.69 Å². The van der Waals surface area contributed by atoms with Crippen LogP contribution in [0.5, 0.6) is 5.75 Å². The third-order valence-corrected chi connectivity index (χ3v) is 5.08. The second-order valence-electron chi connectivity index (χ2n) is 6.56. The molecule has 0 saturated heterocycles. The molecule has 158 valence electrons. The van der Waals surface area contributed by atoms with E-state index in [0.29, 0.717) is 46.7 Å². The van der Waals surface area contributed by atoms with Crippen molar-refractivity contribution >= 4 is 46.3 Å². The highest BCUT2D eigenvalue weighted by Gasteiger charge is 2.39. The van der Waals surface area contributed by atoms with Gasteiger partial charge in [-0.1, -0.05) is 29.3 Å². The summed E-state index contributed by atoms with van der Waals surface area (Å²) in [7, 11) is 1.57. The number of anilines is 1. The topological polar surface area (TPSA) is 67.9 Å². The van der Waals surface area contributed by atoms with E-state index in [4.69, 9.17) is 32.7 Å². The minimum atomic E-state index is -0.411. The number of amides is 2. The average Bonchev–Trinajstić information content (AvgIpc) is 2.94. The minimum absolute atomic E-state index is 0.172. The summed E-state index contributed by atoms with van der Waals surface area (Å²) in [6.07, 6.45) is 0.534. The lowest BCUT2D eigenvalue weighted by atomic mass is 10.0. The van der Waals surface area contributed by atoms with E-state index in [9.17, 15) is 9.59 Å². The lowest BCUT2D eigenvalue weighted by Crippen LogP contribution is -2.33. The molecule has 0 atom stereocenters. The Morgan fingerprint density at radius 2 is 1.77 bits per heavy atom. The Morgan fingerprint density at radius 1 is 1.03 bits per heavy atom. The largest absolute Gasteiger partial charge is 0.494 e. The monoisotopic (exact) mass is 448 g/mol. The number of hydrogen-bond donors (Lipinski definition) is 1. The molecule has 1 N–H and O–H groups in total. The van der Waals surface area contributed by atoms with Gasteiger partial charge in [-0.15, -0.1) is 0 Å². The molecule has 6 nitrogen and oxygen atoms in total. The molecule has 2 aromatic carbocycles. The predicted octanol–water partition coefficient (Wildman–Crippen LogP) is 4.62. The second-order valence-corrected chi connectivity index (χ2v) is 7.41. The Balaban J connectivity index is 1.98. The van der Waals surface area contributed by atoms with Crippen molar-refractivity contribution in [3.8, 4) is 5.75 Å². The van der Waals surface area contributed by atoms with Crippen LogP contribution in [0.3, 0.4) is 0 Å². The van der Waals surface area contributed by atoms with Crippen LogP contribution in [-0.2, 0) is 14.3 Å². The van der Waals surface area contributed by atoms with Crippen LogP contribution in [0.15, 0.2) is 48.2 Å². The quantitative estimate of drug-likeness (QED) is 0.447. The molecule has 1 heterocycles. The van der Waals surface area contributed by atoms with Crippen molar-refractivity contribution in [1.29, 1.82) is 0 Å². The van der Waals surface area contributed by atoms with E-state index in [1.54, 1.807) is 49.6 Å². The fourth-order valence-electron chi connectivity index (χ4n) is 3.15. The van der Waals surface area contributed by atoms with Crippen molar-refractivity contribution in [2.45, 2.75) is 13.3 Å². The van der Waals surface area contributed by atoms with Gasteiger partial charge in [-0.2, -0.15) is 0 Å². The molecular formula is C22H22Cl2N2O4. The molecule has 2 aromatic rings. The third kappa shape index (κ3) is 4.78. The third-order valence-electron chi connectivity index (χ3n) is 4.53. The maximum atomic E-state index is 13.1.